The Morgan fingerprint density at radius 3 is 2.63 bits per heavy atom. The highest BCUT2D eigenvalue weighted by atomic mass is 32.2. The molecule has 1 rings (SSSR count). The molecule has 0 amide bonds. The molecule has 0 N–H and O–H groups in total. The molecule has 1 aromatic carbocycles. The van der Waals surface area contributed by atoms with E-state index < -0.39 is 0 Å². The van der Waals surface area contributed by atoms with E-state index in [1.54, 1.807) is 12.1 Å². The van der Waals surface area contributed by atoms with Gasteiger partial charge in [-0.05, 0) is 39.1 Å². The summed E-state index contributed by atoms with van der Waals surface area (Å²) < 4.78 is 4.61. The maximum atomic E-state index is 10.8. The molecule has 104 valence electrons. The largest absolute Gasteiger partial charge is 0.270 e. The van der Waals surface area contributed by atoms with Crippen LogP contribution in [0.2, 0.25) is 0 Å². The molecule has 0 aliphatic heterocycles. The van der Waals surface area contributed by atoms with Crippen molar-refractivity contribution < 1.29 is 4.92 Å². The zero-order valence-electron chi connectivity index (χ0n) is 11.8. The van der Waals surface area contributed by atoms with E-state index in [0.717, 1.165) is 24.1 Å². The minimum Gasteiger partial charge on any atom is -0.258 e. The van der Waals surface area contributed by atoms with Gasteiger partial charge in [-0.15, -0.1) is 0 Å². The second-order valence-corrected chi connectivity index (χ2v) is 6.89. The first-order valence-corrected chi connectivity index (χ1v) is 7.10. The van der Waals surface area contributed by atoms with Crippen LogP contribution in [0.3, 0.4) is 0 Å². The summed E-state index contributed by atoms with van der Waals surface area (Å²) in [4.78, 5) is 10.4. The molecule has 0 aromatic heterocycles. The molecular formula is C14H20N2O2S. The lowest BCUT2D eigenvalue weighted by Gasteiger charge is -2.14. The third kappa shape index (κ3) is 5.42. The maximum Gasteiger partial charge on any atom is 0.270 e. The Balaban J connectivity index is 3.05. The standard InChI is InChI=1S/C14H20N2O2S/c1-5-7-13(15-19-14(2,3)4)11-8-6-9-12(10-11)16(17)18/h6,8-10H,5,7H2,1-4H3/b15-13+. The lowest BCUT2D eigenvalue weighted by atomic mass is 10.1. The third-order valence-corrected chi connectivity index (χ3v) is 3.17. The van der Waals surface area contributed by atoms with Crippen molar-refractivity contribution in [2.75, 3.05) is 0 Å². The topological polar surface area (TPSA) is 55.5 Å². The summed E-state index contributed by atoms with van der Waals surface area (Å²) in [5, 5.41) is 10.8. The first-order chi connectivity index (χ1) is 8.83. The lowest BCUT2D eigenvalue weighted by Crippen LogP contribution is -2.08. The molecule has 1 aromatic rings. The molecule has 0 saturated carbocycles. The minimum atomic E-state index is -0.371. The Morgan fingerprint density at radius 1 is 1.42 bits per heavy atom. The summed E-state index contributed by atoms with van der Waals surface area (Å²) in [6, 6.07) is 6.69. The van der Waals surface area contributed by atoms with Gasteiger partial charge in [-0.25, -0.2) is 4.40 Å². The van der Waals surface area contributed by atoms with Crippen molar-refractivity contribution in [3.8, 4) is 0 Å². The van der Waals surface area contributed by atoms with Crippen molar-refractivity contribution in [1.82, 2.24) is 0 Å². The van der Waals surface area contributed by atoms with E-state index in [9.17, 15) is 10.1 Å². The molecule has 0 aliphatic rings. The number of nitrogens with zero attached hydrogens (tertiary/aromatic N) is 2. The number of hydrogen-bond acceptors (Lipinski definition) is 4. The van der Waals surface area contributed by atoms with E-state index in [2.05, 4.69) is 32.1 Å². The predicted molar refractivity (Wildman–Crippen MR) is 81.9 cm³/mol. The van der Waals surface area contributed by atoms with E-state index >= 15 is 0 Å². The van der Waals surface area contributed by atoms with Gasteiger partial charge in [-0.2, -0.15) is 0 Å². The second kappa shape index (κ2) is 6.70. The fraction of sp³-hybridized carbons (Fsp3) is 0.500. The van der Waals surface area contributed by atoms with Gasteiger partial charge in [0.2, 0.25) is 0 Å². The van der Waals surface area contributed by atoms with Crippen LogP contribution in [0.25, 0.3) is 0 Å². The number of hydrogen-bond donors (Lipinski definition) is 0. The van der Waals surface area contributed by atoms with Gasteiger partial charge in [0.1, 0.15) is 0 Å². The van der Waals surface area contributed by atoms with E-state index in [-0.39, 0.29) is 15.4 Å². The molecule has 0 radical (unpaired) electrons. The molecule has 0 heterocycles. The number of benzene rings is 1. The molecule has 0 spiro atoms. The number of nitro benzene ring substituents is 1. The van der Waals surface area contributed by atoms with Gasteiger partial charge in [-0.1, -0.05) is 25.5 Å². The van der Waals surface area contributed by atoms with Gasteiger partial charge in [0.15, 0.2) is 0 Å². The van der Waals surface area contributed by atoms with Crippen LogP contribution in [0.1, 0.15) is 46.1 Å². The SMILES string of the molecule is CCC/C(=N\SC(C)(C)C)c1cccc([N+](=O)[O-])c1. The van der Waals surface area contributed by atoms with Gasteiger partial charge in [0, 0.05) is 22.4 Å². The van der Waals surface area contributed by atoms with E-state index in [1.807, 2.05) is 6.07 Å². The molecule has 5 heteroatoms. The van der Waals surface area contributed by atoms with E-state index in [4.69, 9.17) is 0 Å². The molecule has 0 fully saturated rings. The average molecular weight is 280 g/mol. The van der Waals surface area contributed by atoms with E-state index in [0.29, 0.717) is 0 Å². The van der Waals surface area contributed by atoms with Crippen molar-refractivity contribution in [3.63, 3.8) is 0 Å². The quantitative estimate of drug-likeness (QED) is 0.342. The van der Waals surface area contributed by atoms with Crippen LogP contribution in [0.5, 0.6) is 0 Å². The average Bonchev–Trinajstić information content (AvgIpc) is 2.33. The van der Waals surface area contributed by atoms with Crippen LogP contribution < -0.4 is 0 Å². The molecule has 0 bridgehead atoms. The zero-order valence-corrected chi connectivity index (χ0v) is 12.7. The number of nitro groups is 1. The first-order valence-electron chi connectivity index (χ1n) is 6.33. The second-order valence-electron chi connectivity index (χ2n) is 5.30. The van der Waals surface area contributed by atoms with Gasteiger partial charge >= 0.3 is 0 Å². The van der Waals surface area contributed by atoms with Gasteiger partial charge in [-0.3, -0.25) is 10.1 Å². The molecule has 0 aliphatic carbocycles. The summed E-state index contributed by atoms with van der Waals surface area (Å²) in [6.07, 6.45) is 1.79. The summed E-state index contributed by atoms with van der Waals surface area (Å²) in [6.45, 7) is 8.36. The van der Waals surface area contributed by atoms with Crippen LogP contribution in [-0.4, -0.2) is 15.4 Å². The van der Waals surface area contributed by atoms with Crippen LogP contribution in [0.4, 0.5) is 5.69 Å². The molecule has 0 saturated heterocycles. The highest BCUT2D eigenvalue weighted by Gasteiger charge is 2.13. The fourth-order valence-electron chi connectivity index (χ4n) is 1.47. The number of rotatable bonds is 5. The highest BCUT2D eigenvalue weighted by molar-refractivity contribution is 7.99. The maximum absolute atomic E-state index is 10.8. The summed E-state index contributed by atoms with van der Waals surface area (Å²) in [5.74, 6) is 0. The van der Waals surface area contributed by atoms with Crippen molar-refractivity contribution >= 4 is 23.3 Å². The third-order valence-electron chi connectivity index (χ3n) is 2.31. The normalized spacial score (nSPS) is 12.5. The summed E-state index contributed by atoms with van der Waals surface area (Å²) >= 11 is 1.51. The highest BCUT2D eigenvalue weighted by Crippen LogP contribution is 2.26. The first kappa shape index (κ1) is 15.7. The van der Waals surface area contributed by atoms with Gasteiger partial charge < -0.3 is 0 Å². The number of non-ortho nitro benzene ring substituents is 1. The predicted octanol–water partition coefficient (Wildman–Crippen LogP) is 4.63. The van der Waals surface area contributed by atoms with Crippen molar-refractivity contribution in [2.45, 2.75) is 45.3 Å². The van der Waals surface area contributed by atoms with Crippen molar-refractivity contribution in [1.29, 1.82) is 0 Å². The molecule has 0 unspecified atom stereocenters. The van der Waals surface area contributed by atoms with Crippen LogP contribution in [-0.2, 0) is 0 Å². The smallest absolute Gasteiger partial charge is 0.258 e. The molecule has 4 nitrogen and oxygen atoms in total. The van der Waals surface area contributed by atoms with Crippen LogP contribution in [0.15, 0.2) is 28.7 Å². The molecule has 19 heavy (non-hydrogen) atoms. The van der Waals surface area contributed by atoms with Gasteiger partial charge in [0.25, 0.3) is 5.69 Å². The fourth-order valence-corrected chi connectivity index (χ4v) is 2.05. The molecular weight excluding hydrogens is 260 g/mol. The summed E-state index contributed by atoms with van der Waals surface area (Å²) in [7, 11) is 0. The van der Waals surface area contributed by atoms with Gasteiger partial charge in [0.05, 0.1) is 10.6 Å². The van der Waals surface area contributed by atoms with Crippen molar-refractivity contribution in [2.24, 2.45) is 4.40 Å². The molecule has 0 atom stereocenters. The summed E-state index contributed by atoms with van der Waals surface area (Å²) in [5.41, 5.74) is 1.88. The Morgan fingerprint density at radius 2 is 2.11 bits per heavy atom. The van der Waals surface area contributed by atoms with Crippen LogP contribution >= 0.6 is 11.9 Å². The Bertz CT molecular complexity index is 479. The Labute approximate surface area is 118 Å². The lowest BCUT2D eigenvalue weighted by molar-refractivity contribution is -0.384. The van der Waals surface area contributed by atoms with Crippen LogP contribution in [0, 0.1) is 10.1 Å². The van der Waals surface area contributed by atoms with E-state index in [1.165, 1.54) is 18.0 Å². The monoisotopic (exact) mass is 280 g/mol. The minimum absolute atomic E-state index is 0.0414. The Kier molecular flexibility index (Phi) is 5.54. The zero-order chi connectivity index (χ0) is 14.5. The van der Waals surface area contributed by atoms with Crippen molar-refractivity contribution in [3.05, 3.63) is 39.9 Å². The Hall–Kier alpha value is -1.36.